The lowest BCUT2D eigenvalue weighted by Gasteiger charge is -2.69. The smallest absolute Gasteiger partial charge is 0.266 e. The zero-order valence-corrected chi connectivity index (χ0v) is 20.4. The van der Waals surface area contributed by atoms with Gasteiger partial charge >= 0.3 is 0 Å². The second kappa shape index (κ2) is 7.84. The second-order valence-electron chi connectivity index (χ2n) is 11.5. The van der Waals surface area contributed by atoms with Gasteiger partial charge in [0.25, 0.3) is 17.9 Å². The Morgan fingerprint density at radius 1 is 1.19 bits per heavy atom. The first-order chi connectivity index (χ1) is 17.1. The second-order valence-corrected chi connectivity index (χ2v) is 11.5. The van der Waals surface area contributed by atoms with Gasteiger partial charge in [-0.15, -0.1) is 0 Å². The third-order valence-electron chi connectivity index (χ3n) is 9.10. The van der Waals surface area contributed by atoms with E-state index in [1.807, 2.05) is 0 Å². The summed E-state index contributed by atoms with van der Waals surface area (Å²) in [5, 5.41) is 6.09. The van der Waals surface area contributed by atoms with Crippen molar-refractivity contribution in [2.24, 2.45) is 11.3 Å². The third-order valence-corrected chi connectivity index (χ3v) is 9.10. The van der Waals surface area contributed by atoms with E-state index < -0.39 is 29.8 Å². The van der Waals surface area contributed by atoms with Gasteiger partial charge in [0.2, 0.25) is 0 Å². The number of pyridine rings is 1. The van der Waals surface area contributed by atoms with Gasteiger partial charge in [0.1, 0.15) is 5.82 Å². The molecule has 1 aromatic heterocycles. The van der Waals surface area contributed by atoms with E-state index in [4.69, 9.17) is 4.74 Å². The van der Waals surface area contributed by atoms with E-state index in [2.05, 4.69) is 10.6 Å². The summed E-state index contributed by atoms with van der Waals surface area (Å²) in [5.41, 5.74) is -0.239. The Bertz CT molecular complexity index is 1270. The first-order valence-corrected chi connectivity index (χ1v) is 12.5. The number of methoxy groups -OCH3 is 1. The monoisotopic (exact) mass is 501 g/mol. The molecule has 1 unspecified atom stereocenters. The largest absolute Gasteiger partial charge is 0.384 e. The minimum absolute atomic E-state index is 0.0119. The van der Waals surface area contributed by atoms with Gasteiger partial charge in [0, 0.05) is 37.0 Å². The SMILES string of the molecule is COC12CC(CNc3cc(=O)n(C45CC(C4)C5)cc3C(=O)NC(C)c3cccc(C(F)F)c3F)(C1)C2. The number of anilines is 1. The Kier molecular flexibility index (Phi) is 5.14. The van der Waals surface area contributed by atoms with Crippen LogP contribution in [0.4, 0.5) is 18.9 Å². The van der Waals surface area contributed by atoms with E-state index in [0.29, 0.717) is 23.7 Å². The van der Waals surface area contributed by atoms with Gasteiger partial charge in [-0.05, 0) is 56.8 Å². The molecule has 192 valence electrons. The van der Waals surface area contributed by atoms with Crippen molar-refractivity contribution in [2.45, 2.75) is 69.1 Å². The number of nitrogens with zero attached hydrogens (tertiary/aromatic N) is 1. The number of hydrogen-bond donors (Lipinski definition) is 2. The number of rotatable bonds is 9. The number of carbonyl (C=O) groups excluding carboxylic acids is 1. The molecule has 6 aliphatic rings. The predicted molar refractivity (Wildman–Crippen MR) is 128 cm³/mol. The van der Waals surface area contributed by atoms with E-state index in [1.165, 1.54) is 18.2 Å². The van der Waals surface area contributed by atoms with E-state index in [9.17, 15) is 22.8 Å². The number of ether oxygens (including phenoxy) is 1. The molecule has 1 atom stereocenters. The number of nitrogens with one attached hydrogen (secondary N) is 2. The highest BCUT2D eigenvalue weighted by Crippen LogP contribution is 2.68. The molecule has 6 aliphatic carbocycles. The zero-order chi connectivity index (χ0) is 25.5. The van der Waals surface area contributed by atoms with Crippen molar-refractivity contribution < 1.29 is 22.7 Å². The maximum Gasteiger partial charge on any atom is 0.266 e. The molecule has 2 N–H and O–H groups in total. The van der Waals surface area contributed by atoms with Gasteiger partial charge in [-0.1, -0.05) is 18.2 Å². The predicted octanol–water partition coefficient (Wildman–Crippen LogP) is 4.91. The molecule has 0 aliphatic heterocycles. The number of carbonyl (C=O) groups is 1. The van der Waals surface area contributed by atoms with Crippen LogP contribution in [0.15, 0.2) is 35.3 Å². The molecule has 1 heterocycles. The third kappa shape index (κ3) is 3.42. The Morgan fingerprint density at radius 3 is 2.44 bits per heavy atom. The average molecular weight is 502 g/mol. The van der Waals surface area contributed by atoms with Gasteiger partial charge < -0.3 is 19.9 Å². The zero-order valence-electron chi connectivity index (χ0n) is 20.4. The van der Waals surface area contributed by atoms with Gasteiger partial charge in [0.15, 0.2) is 0 Å². The van der Waals surface area contributed by atoms with Crippen LogP contribution in [-0.2, 0) is 10.3 Å². The molecule has 36 heavy (non-hydrogen) atoms. The molecule has 1 aromatic carbocycles. The van der Waals surface area contributed by atoms with Gasteiger partial charge in [-0.2, -0.15) is 0 Å². The molecular formula is C27H30F3N3O3. The molecule has 1 amide bonds. The van der Waals surface area contributed by atoms with Crippen molar-refractivity contribution >= 4 is 11.6 Å². The van der Waals surface area contributed by atoms with Crippen molar-refractivity contribution in [1.82, 2.24) is 9.88 Å². The molecule has 6 fully saturated rings. The first kappa shape index (κ1) is 23.6. The molecule has 0 radical (unpaired) electrons. The number of halogens is 3. The minimum Gasteiger partial charge on any atom is -0.384 e. The molecule has 0 saturated heterocycles. The molecule has 0 spiro atoms. The lowest BCUT2D eigenvalue weighted by atomic mass is 9.41. The summed E-state index contributed by atoms with van der Waals surface area (Å²) in [6, 6.07) is 4.42. The molecule has 6 saturated carbocycles. The number of alkyl halides is 2. The number of aromatic nitrogens is 1. The Balaban J connectivity index is 1.26. The average Bonchev–Trinajstić information content (AvgIpc) is 2.71. The fourth-order valence-electron chi connectivity index (χ4n) is 6.96. The number of benzene rings is 1. The standard InChI is InChI=1S/C27H30F3N3O3/c1-15(17-4-3-5-18(22(17)28)23(29)30)32-24(35)19-10-33(26-7-16(8-26)9-26)21(34)6-20(19)31-14-25-11-27(12-25,13-25)36-2/h3-6,10,15-16,23,31H,7-9,11-14H2,1-2H3,(H,32,35). The van der Waals surface area contributed by atoms with Crippen LogP contribution in [-0.4, -0.2) is 29.7 Å². The highest BCUT2D eigenvalue weighted by molar-refractivity contribution is 5.99. The van der Waals surface area contributed by atoms with E-state index in [0.717, 1.165) is 44.6 Å². The molecule has 9 heteroatoms. The van der Waals surface area contributed by atoms with Crippen molar-refractivity contribution in [3.8, 4) is 0 Å². The van der Waals surface area contributed by atoms with Crippen molar-refractivity contribution in [2.75, 3.05) is 19.0 Å². The maximum absolute atomic E-state index is 14.7. The van der Waals surface area contributed by atoms with Crippen LogP contribution in [0.3, 0.4) is 0 Å². The number of amides is 1. The van der Waals surface area contributed by atoms with Gasteiger partial charge in [0.05, 0.1) is 28.5 Å². The fourth-order valence-corrected chi connectivity index (χ4v) is 6.96. The molecule has 6 nitrogen and oxygen atoms in total. The first-order valence-electron chi connectivity index (χ1n) is 12.5. The lowest BCUT2D eigenvalue weighted by Crippen LogP contribution is -2.70. The van der Waals surface area contributed by atoms with Crippen molar-refractivity contribution in [1.29, 1.82) is 0 Å². The Labute approximate surface area is 207 Å². The van der Waals surface area contributed by atoms with E-state index in [-0.39, 0.29) is 27.7 Å². The maximum atomic E-state index is 14.7. The molecule has 4 bridgehead atoms. The van der Waals surface area contributed by atoms with Crippen LogP contribution < -0.4 is 16.2 Å². The van der Waals surface area contributed by atoms with Crippen LogP contribution in [0.1, 0.15) is 79.4 Å². The highest BCUT2D eigenvalue weighted by Gasteiger charge is 2.68. The molecular weight excluding hydrogens is 471 g/mol. The summed E-state index contributed by atoms with van der Waals surface area (Å²) in [7, 11) is 1.73. The highest BCUT2D eigenvalue weighted by atomic mass is 19.3. The number of hydrogen-bond acceptors (Lipinski definition) is 4. The molecule has 2 aromatic rings. The summed E-state index contributed by atoms with van der Waals surface area (Å²) in [6.07, 6.45) is 4.32. The van der Waals surface area contributed by atoms with Crippen LogP contribution in [0.2, 0.25) is 0 Å². The normalized spacial score (nSPS) is 32.0. The van der Waals surface area contributed by atoms with E-state index in [1.54, 1.807) is 24.8 Å². The Hall–Kier alpha value is -2.81. The summed E-state index contributed by atoms with van der Waals surface area (Å²) in [4.78, 5) is 26.5. The molecule has 8 rings (SSSR count). The van der Waals surface area contributed by atoms with Crippen LogP contribution in [0, 0.1) is 17.2 Å². The van der Waals surface area contributed by atoms with Crippen LogP contribution >= 0.6 is 0 Å². The van der Waals surface area contributed by atoms with Crippen LogP contribution in [0.5, 0.6) is 0 Å². The summed E-state index contributed by atoms with van der Waals surface area (Å²) >= 11 is 0. The van der Waals surface area contributed by atoms with Gasteiger partial charge in [-0.3, -0.25) is 9.59 Å². The van der Waals surface area contributed by atoms with Crippen molar-refractivity contribution in [3.63, 3.8) is 0 Å². The summed E-state index contributed by atoms with van der Waals surface area (Å²) in [5.74, 6) is -0.860. The fraction of sp³-hybridized carbons (Fsp3) is 0.556. The minimum atomic E-state index is -2.95. The lowest BCUT2D eigenvalue weighted by molar-refractivity contribution is -0.267. The van der Waals surface area contributed by atoms with E-state index >= 15 is 0 Å². The van der Waals surface area contributed by atoms with Crippen molar-refractivity contribution in [3.05, 3.63) is 63.3 Å². The topological polar surface area (TPSA) is 72.4 Å². The quantitative estimate of drug-likeness (QED) is 0.513. The van der Waals surface area contributed by atoms with Crippen LogP contribution in [0.25, 0.3) is 0 Å². The summed E-state index contributed by atoms with van der Waals surface area (Å²) < 4.78 is 48.3. The Morgan fingerprint density at radius 2 is 1.86 bits per heavy atom. The summed E-state index contributed by atoms with van der Waals surface area (Å²) in [6.45, 7) is 2.18. The van der Waals surface area contributed by atoms with Gasteiger partial charge in [-0.25, -0.2) is 13.2 Å².